The second-order valence-corrected chi connectivity index (χ2v) is 7.27. The molecule has 1 aliphatic heterocycles. The molecule has 1 heterocycles. The van der Waals surface area contributed by atoms with Gasteiger partial charge < -0.3 is 0 Å². The predicted molar refractivity (Wildman–Crippen MR) is 77.9 cm³/mol. The molecule has 0 N–H and O–H groups in total. The van der Waals surface area contributed by atoms with Crippen molar-refractivity contribution in [1.82, 2.24) is 0 Å². The molecule has 1 aliphatic rings. The van der Waals surface area contributed by atoms with Crippen molar-refractivity contribution in [2.75, 3.05) is 11.5 Å². The molecule has 3 rings (SSSR count). The third-order valence-corrected chi connectivity index (χ3v) is 5.65. The summed E-state index contributed by atoms with van der Waals surface area (Å²) in [5.74, 6) is 1.73. The first kappa shape index (κ1) is 13.0. The van der Waals surface area contributed by atoms with Gasteiger partial charge in [-0.1, -0.05) is 30.3 Å². The summed E-state index contributed by atoms with van der Waals surface area (Å²) in [6.07, 6.45) is 0.624. The topological polar surface area (TPSA) is 43.4 Å². The quantitative estimate of drug-likeness (QED) is 0.816. The number of fused-ring (bicyclic) bond motifs is 1. The molecule has 0 saturated carbocycles. The van der Waals surface area contributed by atoms with Crippen LogP contribution < -0.4 is 0 Å². The van der Waals surface area contributed by atoms with Crippen molar-refractivity contribution >= 4 is 32.7 Å². The second kappa shape index (κ2) is 5.15. The molecular weight excluding hydrogens is 280 g/mol. The Kier molecular flexibility index (Phi) is 3.52. The van der Waals surface area contributed by atoms with Crippen LogP contribution in [0.3, 0.4) is 0 Å². The van der Waals surface area contributed by atoms with E-state index in [-0.39, 0.29) is 11.0 Å². The van der Waals surface area contributed by atoms with Crippen molar-refractivity contribution in [2.45, 2.75) is 17.4 Å². The van der Waals surface area contributed by atoms with Crippen LogP contribution in [0, 0.1) is 0 Å². The molecule has 0 unspecified atom stereocenters. The molecule has 0 aliphatic carbocycles. The molecule has 0 bridgehead atoms. The van der Waals surface area contributed by atoms with Crippen LogP contribution in [0.5, 0.6) is 0 Å². The molecular formula is C14H14O3S2. The van der Waals surface area contributed by atoms with Gasteiger partial charge >= 0.3 is 0 Å². The summed E-state index contributed by atoms with van der Waals surface area (Å²) in [6.45, 7) is 0. The van der Waals surface area contributed by atoms with Crippen LogP contribution in [0.15, 0.2) is 47.4 Å². The van der Waals surface area contributed by atoms with E-state index >= 15 is 0 Å². The molecule has 0 aromatic heterocycles. The minimum atomic E-state index is -3.65. The molecule has 0 amide bonds. The Morgan fingerprint density at radius 3 is 2.63 bits per heavy atom. The lowest BCUT2D eigenvalue weighted by atomic mass is 10.1. The van der Waals surface area contributed by atoms with Gasteiger partial charge in [-0.05, 0) is 35.1 Å². The minimum Gasteiger partial charge on any atom is -0.262 e. The minimum absolute atomic E-state index is 0.179. The van der Waals surface area contributed by atoms with Crippen LogP contribution in [0.1, 0.15) is 6.42 Å². The Hall–Kier alpha value is -1.04. The summed E-state index contributed by atoms with van der Waals surface area (Å²) in [7, 11) is -3.65. The summed E-state index contributed by atoms with van der Waals surface area (Å²) in [5, 5.41) is 1.94. The third kappa shape index (κ3) is 2.78. The van der Waals surface area contributed by atoms with Gasteiger partial charge in [-0.15, -0.1) is 0 Å². The Morgan fingerprint density at radius 2 is 1.89 bits per heavy atom. The number of thioether (sulfide) groups is 1. The smallest absolute Gasteiger partial charge is 0.262 e. The van der Waals surface area contributed by atoms with Crippen molar-refractivity contribution in [3.8, 4) is 0 Å². The second-order valence-electron chi connectivity index (χ2n) is 4.54. The highest BCUT2D eigenvalue weighted by Crippen LogP contribution is 2.26. The fourth-order valence-corrected chi connectivity index (χ4v) is 4.47. The summed E-state index contributed by atoms with van der Waals surface area (Å²) >= 11 is 1.73. The van der Waals surface area contributed by atoms with Gasteiger partial charge in [0.25, 0.3) is 10.1 Å². The zero-order chi connectivity index (χ0) is 13.3. The molecule has 5 heteroatoms. The van der Waals surface area contributed by atoms with Gasteiger partial charge in [0.1, 0.15) is 0 Å². The van der Waals surface area contributed by atoms with Gasteiger partial charge in [0.2, 0.25) is 0 Å². The monoisotopic (exact) mass is 294 g/mol. The molecule has 2 aromatic carbocycles. The maximum absolute atomic E-state index is 12.2. The van der Waals surface area contributed by atoms with Crippen LogP contribution in [-0.4, -0.2) is 26.0 Å². The summed E-state index contributed by atoms with van der Waals surface area (Å²) < 4.78 is 29.7. The van der Waals surface area contributed by atoms with Gasteiger partial charge in [0, 0.05) is 5.75 Å². The highest BCUT2D eigenvalue weighted by atomic mass is 32.2. The molecule has 0 spiro atoms. The van der Waals surface area contributed by atoms with E-state index in [1.165, 1.54) is 0 Å². The van der Waals surface area contributed by atoms with Gasteiger partial charge in [0.15, 0.2) is 0 Å². The standard InChI is InChI=1S/C14H14O3S2/c15-19(16,17-13-7-8-18-10-13)14-6-5-11-3-1-2-4-12(11)9-14/h1-6,9,13H,7-8,10H2/t13-/m1/s1. The molecule has 1 atom stereocenters. The van der Waals surface area contributed by atoms with E-state index < -0.39 is 10.1 Å². The van der Waals surface area contributed by atoms with E-state index in [1.54, 1.807) is 23.9 Å². The van der Waals surface area contributed by atoms with E-state index in [0.717, 1.165) is 28.7 Å². The fourth-order valence-electron chi connectivity index (χ4n) is 2.15. The van der Waals surface area contributed by atoms with Gasteiger partial charge in [-0.2, -0.15) is 20.2 Å². The van der Waals surface area contributed by atoms with Crippen LogP contribution in [0.2, 0.25) is 0 Å². The van der Waals surface area contributed by atoms with Crippen molar-refractivity contribution in [3.05, 3.63) is 42.5 Å². The van der Waals surface area contributed by atoms with E-state index in [2.05, 4.69) is 0 Å². The van der Waals surface area contributed by atoms with Crippen molar-refractivity contribution in [1.29, 1.82) is 0 Å². The average Bonchev–Trinajstić information content (AvgIpc) is 2.90. The average molecular weight is 294 g/mol. The molecule has 1 fully saturated rings. The Morgan fingerprint density at radius 1 is 1.11 bits per heavy atom. The van der Waals surface area contributed by atoms with Gasteiger partial charge in [0.05, 0.1) is 11.0 Å². The number of rotatable bonds is 3. The van der Waals surface area contributed by atoms with E-state index in [1.807, 2.05) is 30.3 Å². The van der Waals surface area contributed by atoms with Crippen LogP contribution in [0.25, 0.3) is 10.8 Å². The van der Waals surface area contributed by atoms with Crippen LogP contribution in [0.4, 0.5) is 0 Å². The van der Waals surface area contributed by atoms with E-state index in [0.29, 0.717) is 0 Å². The highest BCUT2D eigenvalue weighted by molar-refractivity contribution is 7.99. The number of hydrogen-bond acceptors (Lipinski definition) is 4. The molecule has 2 aromatic rings. The maximum atomic E-state index is 12.2. The van der Waals surface area contributed by atoms with Crippen molar-refractivity contribution in [2.24, 2.45) is 0 Å². The van der Waals surface area contributed by atoms with E-state index in [9.17, 15) is 8.42 Å². The SMILES string of the molecule is O=S(=O)(O[C@@H]1CCSC1)c1ccc2ccccc2c1. The van der Waals surface area contributed by atoms with Gasteiger partial charge in [-0.25, -0.2) is 0 Å². The van der Waals surface area contributed by atoms with Crippen LogP contribution >= 0.6 is 11.8 Å². The summed E-state index contributed by atoms with van der Waals surface area (Å²) in [4.78, 5) is 0.239. The summed E-state index contributed by atoms with van der Waals surface area (Å²) in [6, 6.07) is 12.8. The predicted octanol–water partition coefficient (Wildman–Crippen LogP) is 3.05. The van der Waals surface area contributed by atoms with Crippen LogP contribution in [-0.2, 0) is 14.3 Å². The lowest BCUT2D eigenvalue weighted by Gasteiger charge is -2.11. The van der Waals surface area contributed by atoms with E-state index in [4.69, 9.17) is 4.18 Å². The van der Waals surface area contributed by atoms with Crippen molar-refractivity contribution < 1.29 is 12.6 Å². The first-order valence-electron chi connectivity index (χ1n) is 6.15. The maximum Gasteiger partial charge on any atom is 0.297 e. The molecule has 19 heavy (non-hydrogen) atoms. The lowest BCUT2D eigenvalue weighted by molar-refractivity contribution is 0.236. The fraction of sp³-hybridized carbons (Fsp3) is 0.286. The largest absolute Gasteiger partial charge is 0.297 e. The third-order valence-electron chi connectivity index (χ3n) is 3.16. The zero-order valence-electron chi connectivity index (χ0n) is 10.3. The Bertz CT molecular complexity index is 689. The first-order chi connectivity index (χ1) is 9.15. The lowest BCUT2D eigenvalue weighted by Crippen LogP contribution is -2.17. The normalized spacial score (nSPS) is 19.9. The molecule has 3 nitrogen and oxygen atoms in total. The Labute approximate surface area is 117 Å². The first-order valence-corrected chi connectivity index (χ1v) is 8.71. The number of benzene rings is 2. The Balaban J connectivity index is 1.93. The summed E-state index contributed by atoms with van der Waals surface area (Å²) in [5.41, 5.74) is 0. The zero-order valence-corrected chi connectivity index (χ0v) is 11.9. The van der Waals surface area contributed by atoms with Crippen molar-refractivity contribution in [3.63, 3.8) is 0 Å². The molecule has 1 saturated heterocycles. The molecule has 0 radical (unpaired) electrons. The van der Waals surface area contributed by atoms with Gasteiger partial charge in [-0.3, -0.25) is 4.18 Å². The highest BCUT2D eigenvalue weighted by Gasteiger charge is 2.25. The number of hydrogen-bond donors (Lipinski definition) is 0. The molecule has 100 valence electrons.